The minimum absolute atomic E-state index is 0.0739. The number of benzene rings is 2. The smallest absolute Gasteiger partial charge is 0.247 e. The van der Waals surface area contributed by atoms with Gasteiger partial charge in [-0.3, -0.25) is 9.59 Å². The summed E-state index contributed by atoms with van der Waals surface area (Å²) in [5.41, 5.74) is 1.49. The number of hydrogen-bond acceptors (Lipinski definition) is 7. The summed E-state index contributed by atoms with van der Waals surface area (Å²) in [5.74, 6) is 0.456. The largest absolute Gasteiger partial charge is 0.497 e. The minimum atomic E-state index is -0.938. The number of carbonyl (C=O) groups excluding carboxylic acids is 2. The van der Waals surface area contributed by atoms with Gasteiger partial charge in [-0.1, -0.05) is 17.3 Å². The molecule has 1 N–H and O–H groups in total. The van der Waals surface area contributed by atoms with Crippen LogP contribution >= 0.6 is 0 Å². The molecule has 2 aromatic carbocycles. The van der Waals surface area contributed by atoms with Crippen LogP contribution in [0.25, 0.3) is 11.0 Å². The summed E-state index contributed by atoms with van der Waals surface area (Å²) in [6.07, 6.45) is 0.554. The molecular formula is C27H37N5O5. The topological polar surface area (TPSA) is 108 Å². The van der Waals surface area contributed by atoms with Crippen LogP contribution in [-0.4, -0.2) is 71.2 Å². The van der Waals surface area contributed by atoms with Crippen LogP contribution < -0.4 is 14.8 Å². The highest BCUT2D eigenvalue weighted by atomic mass is 16.5. The Balaban J connectivity index is 2.05. The lowest BCUT2D eigenvalue weighted by molar-refractivity contribution is -0.142. The maximum atomic E-state index is 13.9. The lowest BCUT2D eigenvalue weighted by atomic mass is 10.0. The Hall–Kier alpha value is -3.66. The van der Waals surface area contributed by atoms with E-state index in [1.807, 2.05) is 52.0 Å². The van der Waals surface area contributed by atoms with Crippen LogP contribution in [0.2, 0.25) is 0 Å². The van der Waals surface area contributed by atoms with Gasteiger partial charge in [0.05, 0.1) is 19.7 Å². The Bertz CT molecular complexity index is 1180. The number of hydrogen-bond donors (Lipinski definition) is 1. The van der Waals surface area contributed by atoms with Crippen molar-refractivity contribution in [3.63, 3.8) is 0 Å². The van der Waals surface area contributed by atoms with Gasteiger partial charge in [0.1, 0.15) is 29.6 Å². The van der Waals surface area contributed by atoms with E-state index in [1.54, 1.807) is 42.0 Å². The van der Waals surface area contributed by atoms with Gasteiger partial charge in [0.25, 0.3) is 0 Å². The Morgan fingerprint density at radius 2 is 1.76 bits per heavy atom. The summed E-state index contributed by atoms with van der Waals surface area (Å²) in [7, 11) is 3.09. The molecule has 2 amide bonds. The summed E-state index contributed by atoms with van der Waals surface area (Å²) in [6.45, 7) is 8.87. The van der Waals surface area contributed by atoms with E-state index in [-0.39, 0.29) is 18.4 Å². The fourth-order valence-electron chi connectivity index (χ4n) is 4.03. The lowest BCUT2D eigenvalue weighted by Crippen LogP contribution is -2.50. The molecule has 10 nitrogen and oxygen atoms in total. The Kier molecular flexibility index (Phi) is 9.46. The van der Waals surface area contributed by atoms with Crippen molar-refractivity contribution in [2.75, 3.05) is 34.0 Å². The molecule has 0 saturated carbocycles. The van der Waals surface area contributed by atoms with Gasteiger partial charge in [-0.05, 0) is 63.9 Å². The predicted octanol–water partition coefficient (Wildman–Crippen LogP) is 3.36. The van der Waals surface area contributed by atoms with Crippen molar-refractivity contribution >= 4 is 22.8 Å². The van der Waals surface area contributed by atoms with Crippen molar-refractivity contribution in [2.45, 2.75) is 52.2 Å². The molecule has 200 valence electrons. The van der Waals surface area contributed by atoms with Gasteiger partial charge in [-0.2, -0.15) is 0 Å². The maximum absolute atomic E-state index is 13.9. The molecule has 3 aromatic rings. The third kappa shape index (κ3) is 7.42. The van der Waals surface area contributed by atoms with Crippen LogP contribution in [0.1, 0.15) is 45.7 Å². The zero-order chi connectivity index (χ0) is 27.0. The fourth-order valence-corrected chi connectivity index (χ4v) is 4.03. The van der Waals surface area contributed by atoms with E-state index in [0.717, 1.165) is 5.52 Å². The molecule has 0 spiro atoms. The van der Waals surface area contributed by atoms with Crippen molar-refractivity contribution < 1.29 is 23.8 Å². The molecule has 0 saturated heterocycles. The average Bonchev–Trinajstić information content (AvgIpc) is 3.27. The van der Waals surface area contributed by atoms with Crippen LogP contribution in [0, 0.1) is 0 Å². The number of nitrogens with zero attached hydrogens (tertiary/aromatic N) is 4. The Labute approximate surface area is 217 Å². The van der Waals surface area contributed by atoms with Crippen molar-refractivity contribution in [3.05, 3.63) is 48.0 Å². The van der Waals surface area contributed by atoms with E-state index in [1.165, 1.54) is 0 Å². The van der Waals surface area contributed by atoms with E-state index in [2.05, 4.69) is 15.6 Å². The number of nitrogens with one attached hydrogen (secondary N) is 1. The SMILES string of the molecule is CCOCCCN(C(=O)Cn1nnc2ccccc21)[C@H](C(=O)NC(C)(C)C)c1cc(OC)cc(OC)c1. The van der Waals surface area contributed by atoms with Crippen LogP contribution in [0.3, 0.4) is 0 Å². The lowest BCUT2D eigenvalue weighted by Gasteiger charge is -2.34. The van der Waals surface area contributed by atoms with Crippen LogP contribution in [-0.2, 0) is 20.9 Å². The normalized spacial score (nSPS) is 12.3. The molecule has 0 bridgehead atoms. The van der Waals surface area contributed by atoms with Crippen LogP contribution in [0.5, 0.6) is 11.5 Å². The van der Waals surface area contributed by atoms with Gasteiger partial charge in [0, 0.05) is 31.4 Å². The second kappa shape index (κ2) is 12.5. The van der Waals surface area contributed by atoms with Crippen molar-refractivity contribution in [3.8, 4) is 11.5 Å². The van der Waals surface area contributed by atoms with E-state index >= 15 is 0 Å². The zero-order valence-corrected chi connectivity index (χ0v) is 22.5. The summed E-state index contributed by atoms with van der Waals surface area (Å²) in [4.78, 5) is 29.2. The van der Waals surface area contributed by atoms with Gasteiger partial charge in [0.2, 0.25) is 11.8 Å². The molecule has 10 heteroatoms. The molecular weight excluding hydrogens is 474 g/mol. The molecule has 0 unspecified atom stereocenters. The highest BCUT2D eigenvalue weighted by Gasteiger charge is 2.34. The minimum Gasteiger partial charge on any atom is -0.497 e. The first-order valence-electron chi connectivity index (χ1n) is 12.4. The summed E-state index contributed by atoms with van der Waals surface area (Å²) in [5, 5.41) is 11.4. The average molecular weight is 512 g/mol. The number of fused-ring (bicyclic) bond motifs is 1. The molecule has 0 aliphatic carbocycles. The Morgan fingerprint density at radius 3 is 2.38 bits per heavy atom. The summed E-state index contributed by atoms with van der Waals surface area (Å²) >= 11 is 0. The second-order valence-corrected chi connectivity index (χ2v) is 9.66. The molecule has 0 aliphatic rings. The predicted molar refractivity (Wildman–Crippen MR) is 141 cm³/mol. The van der Waals surface area contributed by atoms with E-state index in [4.69, 9.17) is 14.2 Å². The summed E-state index contributed by atoms with van der Waals surface area (Å²) in [6, 6.07) is 11.7. The summed E-state index contributed by atoms with van der Waals surface area (Å²) < 4.78 is 18.0. The second-order valence-electron chi connectivity index (χ2n) is 9.66. The van der Waals surface area contributed by atoms with Gasteiger partial charge in [-0.15, -0.1) is 5.10 Å². The molecule has 37 heavy (non-hydrogen) atoms. The number of carbonyl (C=O) groups is 2. The van der Waals surface area contributed by atoms with Crippen molar-refractivity contribution in [2.24, 2.45) is 0 Å². The maximum Gasteiger partial charge on any atom is 0.247 e. The third-order valence-electron chi connectivity index (χ3n) is 5.67. The van der Waals surface area contributed by atoms with Crippen LogP contribution in [0.4, 0.5) is 0 Å². The molecule has 3 rings (SSSR count). The third-order valence-corrected chi connectivity index (χ3v) is 5.67. The molecule has 0 aliphatic heterocycles. The number of rotatable bonds is 12. The van der Waals surface area contributed by atoms with E-state index < -0.39 is 11.6 Å². The zero-order valence-electron chi connectivity index (χ0n) is 22.5. The van der Waals surface area contributed by atoms with Gasteiger partial charge >= 0.3 is 0 Å². The number of methoxy groups -OCH3 is 2. The quantitative estimate of drug-likeness (QED) is 0.372. The van der Waals surface area contributed by atoms with Gasteiger partial charge in [0.15, 0.2) is 0 Å². The van der Waals surface area contributed by atoms with Crippen LogP contribution in [0.15, 0.2) is 42.5 Å². The molecule has 1 aromatic heterocycles. The number of ether oxygens (including phenoxy) is 3. The Morgan fingerprint density at radius 1 is 1.08 bits per heavy atom. The highest BCUT2D eigenvalue weighted by Crippen LogP contribution is 2.31. The van der Waals surface area contributed by atoms with Gasteiger partial charge in [-0.25, -0.2) is 4.68 Å². The molecule has 1 atom stereocenters. The monoisotopic (exact) mass is 511 g/mol. The molecule has 0 radical (unpaired) electrons. The van der Waals surface area contributed by atoms with E-state index in [9.17, 15) is 9.59 Å². The standard InChI is InChI=1S/C27H37N5O5/c1-7-37-14-10-13-31(24(33)18-32-23-12-9-8-11-22(23)29-30-32)25(26(34)28-27(2,3)4)19-15-20(35-5)17-21(16-19)36-6/h8-9,11-12,15-17,25H,7,10,13-14,18H2,1-6H3,(H,28,34)/t25-/m0/s1. The van der Waals surface area contributed by atoms with Gasteiger partial charge < -0.3 is 24.4 Å². The number of para-hydroxylation sites is 1. The van der Waals surface area contributed by atoms with Crippen molar-refractivity contribution in [1.29, 1.82) is 0 Å². The van der Waals surface area contributed by atoms with E-state index in [0.29, 0.717) is 48.8 Å². The van der Waals surface area contributed by atoms with Crippen molar-refractivity contribution in [1.82, 2.24) is 25.2 Å². The number of amides is 2. The number of aromatic nitrogens is 3. The molecule has 1 heterocycles. The molecule has 0 fully saturated rings. The first-order valence-corrected chi connectivity index (χ1v) is 12.4. The fraction of sp³-hybridized carbons (Fsp3) is 0.481. The first kappa shape index (κ1) is 27.9. The highest BCUT2D eigenvalue weighted by molar-refractivity contribution is 5.89. The first-order chi connectivity index (χ1) is 17.7.